The molecular weight excluding hydrogens is 198 g/mol. The van der Waals surface area contributed by atoms with Crippen LogP contribution in [0.3, 0.4) is 0 Å². The van der Waals surface area contributed by atoms with Crippen LogP contribution in [0.4, 0.5) is 0 Å². The van der Waals surface area contributed by atoms with E-state index in [0.29, 0.717) is 0 Å². The smallest absolute Gasteiger partial charge is 0.309 e. The van der Waals surface area contributed by atoms with Crippen molar-refractivity contribution in [3.63, 3.8) is 0 Å². The highest BCUT2D eigenvalue weighted by Crippen LogP contribution is 2.49. The predicted octanol–water partition coefficient (Wildman–Crippen LogP) is -0.586. The van der Waals surface area contributed by atoms with Crippen molar-refractivity contribution in [2.24, 2.45) is 23.7 Å². The van der Waals surface area contributed by atoms with E-state index in [-0.39, 0.29) is 35.6 Å². The molecule has 1 saturated carbocycles. The molecule has 5 nitrogen and oxygen atoms in total. The van der Waals surface area contributed by atoms with Gasteiger partial charge in [-0.05, 0) is 24.9 Å². The van der Waals surface area contributed by atoms with Crippen molar-refractivity contribution >= 4 is 11.9 Å². The normalized spacial score (nSPS) is 37.7. The zero-order valence-electron chi connectivity index (χ0n) is 8.86. The minimum atomic E-state index is -0.317. The Hall–Kier alpha value is -1.10. The van der Waals surface area contributed by atoms with Crippen LogP contribution in [0.5, 0.6) is 0 Å². The van der Waals surface area contributed by atoms with E-state index in [1.54, 1.807) is 0 Å². The third kappa shape index (κ3) is 1.42. The number of ether oxygens (including phenoxy) is 2. The number of fused-ring (bicyclic) bond motifs is 1. The molecule has 0 bridgehead atoms. The maximum absolute atomic E-state index is 11.5. The van der Waals surface area contributed by atoms with E-state index >= 15 is 0 Å². The highest BCUT2D eigenvalue weighted by molar-refractivity contribution is 5.85. The molecule has 4 atom stereocenters. The molecule has 2 fully saturated rings. The van der Waals surface area contributed by atoms with Crippen molar-refractivity contribution in [1.82, 2.24) is 5.32 Å². The van der Waals surface area contributed by atoms with Crippen LogP contribution in [-0.2, 0) is 19.1 Å². The number of carbonyl (C=O) groups excluding carboxylic acids is 2. The topological polar surface area (TPSA) is 64.6 Å². The fourth-order valence-electron chi connectivity index (χ4n) is 2.81. The minimum absolute atomic E-state index is 0.238. The van der Waals surface area contributed by atoms with Crippen molar-refractivity contribution < 1.29 is 19.1 Å². The molecule has 1 aliphatic heterocycles. The third-order valence-electron chi connectivity index (χ3n) is 3.57. The molecule has 1 aliphatic carbocycles. The van der Waals surface area contributed by atoms with Crippen LogP contribution in [0.15, 0.2) is 0 Å². The van der Waals surface area contributed by atoms with Gasteiger partial charge in [0.2, 0.25) is 0 Å². The molecule has 0 spiro atoms. The fourth-order valence-corrected chi connectivity index (χ4v) is 2.81. The molecule has 15 heavy (non-hydrogen) atoms. The molecule has 0 amide bonds. The molecule has 4 unspecified atom stereocenters. The van der Waals surface area contributed by atoms with Gasteiger partial charge >= 0.3 is 11.9 Å². The highest BCUT2D eigenvalue weighted by atomic mass is 16.5. The lowest BCUT2D eigenvalue weighted by atomic mass is 9.58. The lowest BCUT2D eigenvalue weighted by Gasteiger charge is -2.44. The SMILES string of the molecule is COC(=O)C1C2CNCC2C1C(=O)OC. The molecule has 84 valence electrons. The van der Waals surface area contributed by atoms with Gasteiger partial charge in [0.25, 0.3) is 0 Å². The fraction of sp³-hybridized carbons (Fsp3) is 0.800. The van der Waals surface area contributed by atoms with E-state index in [0.717, 1.165) is 13.1 Å². The van der Waals surface area contributed by atoms with Crippen LogP contribution in [0.1, 0.15) is 0 Å². The van der Waals surface area contributed by atoms with Crippen molar-refractivity contribution in [2.75, 3.05) is 27.3 Å². The molecular formula is C10H15NO4. The number of hydrogen-bond donors (Lipinski definition) is 1. The second-order valence-corrected chi connectivity index (χ2v) is 4.08. The van der Waals surface area contributed by atoms with Crippen LogP contribution in [-0.4, -0.2) is 39.2 Å². The molecule has 0 aromatic heterocycles. The van der Waals surface area contributed by atoms with Crippen molar-refractivity contribution in [3.05, 3.63) is 0 Å². The Labute approximate surface area is 88.1 Å². The van der Waals surface area contributed by atoms with Gasteiger partial charge in [-0.1, -0.05) is 0 Å². The Bertz CT molecular complexity index is 263. The van der Waals surface area contributed by atoms with Crippen LogP contribution in [0.25, 0.3) is 0 Å². The van der Waals surface area contributed by atoms with Crippen LogP contribution < -0.4 is 5.32 Å². The average Bonchev–Trinajstić information content (AvgIpc) is 2.62. The molecule has 1 heterocycles. The summed E-state index contributed by atoms with van der Waals surface area (Å²) in [6.45, 7) is 1.58. The van der Waals surface area contributed by atoms with Gasteiger partial charge in [0.05, 0.1) is 26.1 Å². The third-order valence-corrected chi connectivity index (χ3v) is 3.57. The van der Waals surface area contributed by atoms with Gasteiger partial charge in [-0.2, -0.15) is 0 Å². The molecule has 0 aromatic rings. The first-order valence-corrected chi connectivity index (χ1v) is 5.07. The van der Waals surface area contributed by atoms with E-state index < -0.39 is 0 Å². The first-order valence-electron chi connectivity index (χ1n) is 5.07. The zero-order valence-corrected chi connectivity index (χ0v) is 8.86. The molecule has 0 radical (unpaired) electrons. The Morgan fingerprint density at radius 1 is 1.00 bits per heavy atom. The van der Waals surface area contributed by atoms with E-state index in [1.165, 1.54) is 14.2 Å². The Balaban J connectivity index is 2.13. The van der Waals surface area contributed by atoms with E-state index in [4.69, 9.17) is 9.47 Å². The van der Waals surface area contributed by atoms with Crippen molar-refractivity contribution in [1.29, 1.82) is 0 Å². The molecule has 2 rings (SSSR count). The quantitative estimate of drug-likeness (QED) is 0.621. The Kier molecular flexibility index (Phi) is 2.65. The van der Waals surface area contributed by atoms with Gasteiger partial charge in [-0.3, -0.25) is 9.59 Å². The predicted molar refractivity (Wildman–Crippen MR) is 50.9 cm³/mol. The van der Waals surface area contributed by atoms with E-state index in [2.05, 4.69) is 5.32 Å². The lowest BCUT2D eigenvalue weighted by molar-refractivity contribution is -0.174. The van der Waals surface area contributed by atoms with E-state index in [9.17, 15) is 9.59 Å². The summed E-state index contributed by atoms with van der Waals surface area (Å²) in [4.78, 5) is 23.0. The lowest BCUT2D eigenvalue weighted by Crippen LogP contribution is -2.54. The molecule has 2 aliphatic rings. The van der Waals surface area contributed by atoms with Crippen LogP contribution in [0.2, 0.25) is 0 Å². The van der Waals surface area contributed by atoms with Crippen molar-refractivity contribution in [2.45, 2.75) is 0 Å². The van der Waals surface area contributed by atoms with Gasteiger partial charge in [-0.15, -0.1) is 0 Å². The summed E-state index contributed by atoms with van der Waals surface area (Å²) in [7, 11) is 2.71. The average molecular weight is 213 g/mol. The maximum atomic E-state index is 11.5. The standard InChI is InChI=1S/C10H15NO4/c1-14-9(12)7-5-3-11-4-6(5)8(7)10(13)15-2/h5-8,11H,3-4H2,1-2H3. The molecule has 5 heteroatoms. The van der Waals surface area contributed by atoms with Crippen LogP contribution >= 0.6 is 0 Å². The largest absolute Gasteiger partial charge is 0.469 e. The molecule has 1 saturated heterocycles. The number of methoxy groups -OCH3 is 2. The summed E-state index contributed by atoms with van der Waals surface area (Å²) in [5, 5.41) is 3.19. The molecule has 0 aromatic carbocycles. The summed E-state index contributed by atoms with van der Waals surface area (Å²) >= 11 is 0. The Morgan fingerprint density at radius 2 is 1.40 bits per heavy atom. The number of hydrogen-bond acceptors (Lipinski definition) is 5. The second kappa shape index (κ2) is 3.81. The maximum Gasteiger partial charge on any atom is 0.309 e. The molecule has 1 N–H and O–H groups in total. The summed E-state index contributed by atoms with van der Waals surface area (Å²) < 4.78 is 9.43. The van der Waals surface area contributed by atoms with Crippen molar-refractivity contribution in [3.8, 4) is 0 Å². The number of carbonyl (C=O) groups is 2. The van der Waals surface area contributed by atoms with Gasteiger partial charge < -0.3 is 14.8 Å². The van der Waals surface area contributed by atoms with E-state index in [1.807, 2.05) is 0 Å². The number of esters is 2. The minimum Gasteiger partial charge on any atom is -0.469 e. The summed E-state index contributed by atoms with van der Waals surface area (Å²) in [6.07, 6.45) is 0. The van der Waals surface area contributed by atoms with Crippen LogP contribution in [0, 0.1) is 23.7 Å². The number of rotatable bonds is 2. The van der Waals surface area contributed by atoms with Gasteiger partial charge in [-0.25, -0.2) is 0 Å². The first kappa shape index (κ1) is 10.4. The van der Waals surface area contributed by atoms with Gasteiger partial charge in [0, 0.05) is 0 Å². The summed E-state index contributed by atoms with van der Waals surface area (Å²) in [5.74, 6) is -0.751. The monoisotopic (exact) mass is 213 g/mol. The van der Waals surface area contributed by atoms with Gasteiger partial charge in [0.1, 0.15) is 0 Å². The second-order valence-electron chi connectivity index (χ2n) is 4.08. The summed E-state index contributed by atoms with van der Waals surface area (Å²) in [6, 6.07) is 0. The van der Waals surface area contributed by atoms with Gasteiger partial charge in [0.15, 0.2) is 0 Å². The zero-order chi connectivity index (χ0) is 11.0. The highest BCUT2D eigenvalue weighted by Gasteiger charge is 2.59. The number of nitrogens with one attached hydrogen (secondary N) is 1. The first-order chi connectivity index (χ1) is 7.20. The summed E-state index contributed by atoms with van der Waals surface area (Å²) in [5.41, 5.74) is 0. The Morgan fingerprint density at radius 3 is 1.73 bits per heavy atom.